The van der Waals surface area contributed by atoms with Gasteiger partial charge in [0, 0.05) is 63.5 Å². The lowest BCUT2D eigenvalue weighted by Gasteiger charge is -2.36. The number of non-ortho nitro benzene ring substituents is 1. The summed E-state index contributed by atoms with van der Waals surface area (Å²) in [4.78, 5) is 26.7. The Kier molecular flexibility index (Phi) is 6.54. The topological polar surface area (TPSA) is 78.7 Å². The number of nitrogens with one attached hydrogen (secondary N) is 1. The molecule has 1 N–H and O–H groups in total. The van der Waals surface area contributed by atoms with Gasteiger partial charge in [-0.3, -0.25) is 14.9 Å². The molecule has 0 saturated carbocycles. The Morgan fingerprint density at radius 1 is 1.11 bits per heavy atom. The van der Waals surface area contributed by atoms with Gasteiger partial charge in [0.1, 0.15) is 5.82 Å². The van der Waals surface area contributed by atoms with E-state index in [1.165, 1.54) is 24.3 Å². The van der Waals surface area contributed by atoms with Crippen LogP contribution in [-0.4, -0.2) is 48.5 Å². The van der Waals surface area contributed by atoms with Crippen LogP contribution in [0, 0.1) is 15.9 Å². The Bertz CT molecular complexity index is 820. The largest absolute Gasteiger partial charge is 0.368 e. The Balaban J connectivity index is 1.38. The van der Waals surface area contributed by atoms with Crippen molar-refractivity contribution in [2.75, 3.05) is 37.6 Å². The maximum atomic E-state index is 13.0. The third kappa shape index (κ3) is 5.26. The number of nitro benzene ring substituents is 1. The molecule has 2 aromatic rings. The van der Waals surface area contributed by atoms with E-state index in [1.807, 2.05) is 11.0 Å². The van der Waals surface area contributed by atoms with E-state index in [2.05, 4.69) is 10.2 Å². The summed E-state index contributed by atoms with van der Waals surface area (Å²) in [5.74, 6) is -0.166. The van der Waals surface area contributed by atoms with Crippen LogP contribution in [0.25, 0.3) is 0 Å². The van der Waals surface area contributed by atoms with Crippen molar-refractivity contribution in [3.63, 3.8) is 0 Å². The quantitative estimate of drug-likeness (QED) is 0.450. The van der Waals surface area contributed by atoms with Gasteiger partial charge in [-0.05, 0) is 29.8 Å². The molecule has 8 heteroatoms. The van der Waals surface area contributed by atoms with Gasteiger partial charge >= 0.3 is 0 Å². The molecule has 0 unspecified atom stereocenters. The molecule has 1 fully saturated rings. The molecule has 0 bridgehead atoms. The van der Waals surface area contributed by atoms with Gasteiger partial charge in [0.15, 0.2) is 0 Å². The third-order valence-electron chi connectivity index (χ3n) is 4.79. The van der Waals surface area contributed by atoms with Gasteiger partial charge in [0.05, 0.1) is 4.92 Å². The summed E-state index contributed by atoms with van der Waals surface area (Å²) in [5, 5.41) is 14.0. The number of benzene rings is 2. The van der Waals surface area contributed by atoms with Crippen LogP contribution in [0.15, 0.2) is 48.5 Å². The number of hydrogen-bond donors (Lipinski definition) is 1. The highest BCUT2D eigenvalue weighted by Crippen LogP contribution is 2.17. The second kappa shape index (κ2) is 9.27. The van der Waals surface area contributed by atoms with Gasteiger partial charge in [0.25, 0.3) is 5.69 Å². The fourth-order valence-corrected chi connectivity index (χ4v) is 3.23. The predicted octanol–water partition coefficient (Wildman–Crippen LogP) is 2.56. The standard InChI is InChI=1S/C20H23FN4O3/c21-17-4-6-18(7-5-17)23-10-12-24(13-11-23)20(26)8-9-22-15-16-2-1-3-19(14-16)25(27)28/h1-7,14,22H,8-13,15H2. The molecular formula is C20H23FN4O3. The van der Waals surface area contributed by atoms with Crippen molar-refractivity contribution >= 4 is 17.3 Å². The highest BCUT2D eigenvalue weighted by atomic mass is 19.1. The summed E-state index contributed by atoms with van der Waals surface area (Å²) < 4.78 is 13.0. The summed E-state index contributed by atoms with van der Waals surface area (Å²) in [6.45, 7) is 3.71. The van der Waals surface area contributed by atoms with E-state index < -0.39 is 4.92 Å². The van der Waals surface area contributed by atoms with Crippen LogP contribution in [0.1, 0.15) is 12.0 Å². The number of hydrogen-bond acceptors (Lipinski definition) is 5. The highest BCUT2D eigenvalue weighted by molar-refractivity contribution is 5.76. The zero-order valence-electron chi connectivity index (χ0n) is 15.5. The van der Waals surface area contributed by atoms with Gasteiger partial charge in [-0.15, -0.1) is 0 Å². The van der Waals surface area contributed by atoms with E-state index in [0.29, 0.717) is 32.6 Å². The number of anilines is 1. The summed E-state index contributed by atoms with van der Waals surface area (Å²) in [5.41, 5.74) is 1.84. The maximum Gasteiger partial charge on any atom is 0.269 e. The number of amides is 1. The summed E-state index contributed by atoms with van der Waals surface area (Å²) in [6.07, 6.45) is 0.380. The summed E-state index contributed by atoms with van der Waals surface area (Å²) >= 11 is 0. The number of piperazine rings is 1. The highest BCUT2D eigenvalue weighted by Gasteiger charge is 2.20. The molecule has 0 atom stereocenters. The minimum Gasteiger partial charge on any atom is -0.368 e. The first-order chi connectivity index (χ1) is 13.5. The van der Waals surface area contributed by atoms with Gasteiger partial charge in [0.2, 0.25) is 5.91 Å². The Hall–Kier alpha value is -3.00. The van der Waals surface area contributed by atoms with Crippen LogP contribution < -0.4 is 10.2 Å². The zero-order valence-corrected chi connectivity index (χ0v) is 15.5. The van der Waals surface area contributed by atoms with Crippen molar-refractivity contribution in [3.8, 4) is 0 Å². The van der Waals surface area contributed by atoms with Crippen molar-refractivity contribution in [1.82, 2.24) is 10.2 Å². The van der Waals surface area contributed by atoms with Crippen LogP contribution in [0.2, 0.25) is 0 Å². The van der Waals surface area contributed by atoms with Crippen molar-refractivity contribution in [3.05, 3.63) is 70.0 Å². The Labute approximate surface area is 162 Å². The average Bonchev–Trinajstić information content (AvgIpc) is 2.72. The van der Waals surface area contributed by atoms with Crippen LogP contribution in [-0.2, 0) is 11.3 Å². The molecule has 0 spiro atoms. The SMILES string of the molecule is O=C(CCNCc1cccc([N+](=O)[O-])c1)N1CCN(c2ccc(F)cc2)CC1. The van der Waals surface area contributed by atoms with Gasteiger partial charge in [-0.25, -0.2) is 4.39 Å². The molecule has 0 radical (unpaired) electrons. The second-order valence-electron chi connectivity index (χ2n) is 6.70. The Morgan fingerprint density at radius 3 is 2.50 bits per heavy atom. The number of rotatable bonds is 7. The predicted molar refractivity (Wildman–Crippen MR) is 105 cm³/mol. The Morgan fingerprint density at radius 2 is 1.82 bits per heavy atom. The molecule has 0 aliphatic carbocycles. The van der Waals surface area contributed by atoms with Crippen LogP contribution in [0.3, 0.4) is 0 Å². The van der Waals surface area contributed by atoms with E-state index in [-0.39, 0.29) is 17.4 Å². The fourth-order valence-electron chi connectivity index (χ4n) is 3.23. The number of nitro groups is 1. The monoisotopic (exact) mass is 386 g/mol. The smallest absolute Gasteiger partial charge is 0.269 e. The first kappa shape index (κ1) is 19.8. The van der Waals surface area contributed by atoms with Crippen LogP contribution >= 0.6 is 0 Å². The molecule has 1 heterocycles. The average molecular weight is 386 g/mol. The first-order valence-electron chi connectivity index (χ1n) is 9.25. The lowest BCUT2D eigenvalue weighted by molar-refractivity contribution is -0.384. The lowest BCUT2D eigenvalue weighted by atomic mass is 10.2. The molecule has 148 valence electrons. The first-order valence-corrected chi connectivity index (χ1v) is 9.25. The van der Waals surface area contributed by atoms with E-state index in [0.717, 1.165) is 24.3 Å². The summed E-state index contributed by atoms with van der Waals surface area (Å²) in [7, 11) is 0. The molecule has 7 nitrogen and oxygen atoms in total. The molecule has 28 heavy (non-hydrogen) atoms. The third-order valence-corrected chi connectivity index (χ3v) is 4.79. The van der Waals surface area contributed by atoms with E-state index in [4.69, 9.17) is 0 Å². The minimum atomic E-state index is -0.418. The molecule has 0 aromatic heterocycles. The number of carbonyl (C=O) groups excluding carboxylic acids is 1. The van der Waals surface area contributed by atoms with Crippen molar-refractivity contribution in [1.29, 1.82) is 0 Å². The molecule has 1 saturated heterocycles. The molecule has 1 amide bonds. The van der Waals surface area contributed by atoms with Gasteiger partial charge in [-0.1, -0.05) is 12.1 Å². The fraction of sp³-hybridized carbons (Fsp3) is 0.350. The minimum absolute atomic E-state index is 0.0643. The summed E-state index contributed by atoms with van der Waals surface area (Å²) in [6, 6.07) is 12.9. The van der Waals surface area contributed by atoms with Crippen LogP contribution in [0.5, 0.6) is 0 Å². The van der Waals surface area contributed by atoms with Crippen LogP contribution in [0.4, 0.5) is 15.8 Å². The second-order valence-corrected chi connectivity index (χ2v) is 6.70. The lowest BCUT2D eigenvalue weighted by Crippen LogP contribution is -2.49. The molecule has 2 aromatic carbocycles. The zero-order chi connectivity index (χ0) is 19.9. The molecule has 3 rings (SSSR count). The normalized spacial score (nSPS) is 14.2. The maximum absolute atomic E-state index is 13.0. The van der Waals surface area contributed by atoms with E-state index in [9.17, 15) is 19.3 Å². The molecule has 1 aliphatic rings. The van der Waals surface area contributed by atoms with Crippen molar-refractivity contribution in [2.24, 2.45) is 0 Å². The number of nitrogens with zero attached hydrogens (tertiary/aromatic N) is 3. The van der Waals surface area contributed by atoms with Crippen molar-refractivity contribution < 1.29 is 14.1 Å². The number of halogens is 1. The van der Waals surface area contributed by atoms with Gasteiger partial charge < -0.3 is 15.1 Å². The molecule has 1 aliphatic heterocycles. The van der Waals surface area contributed by atoms with Crippen molar-refractivity contribution in [2.45, 2.75) is 13.0 Å². The van der Waals surface area contributed by atoms with Gasteiger partial charge in [-0.2, -0.15) is 0 Å². The van der Waals surface area contributed by atoms with E-state index in [1.54, 1.807) is 18.2 Å². The molecular weight excluding hydrogens is 363 g/mol. The number of carbonyl (C=O) groups is 1. The van der Waals surface area contributed by atoms with E-state index >= 15 is 0 Å².